The first-order chi connectivity index (χ1) is 16.5. The van der Waals surface area contributed by atoms with Gasteiger partial charge >= 0.3 is 0 Å². The molecule has 8 heteroatoms. The van der Waals surface area contributed by atoms with Crippen LogP contribution in [0.5, 0.6) is 0 Å². The first-order valence-electron chi connectivity index (χ1n) is 11.3. The number of fused-ring (bicyclic) bond motifs is 1. The number of halogens is 1. The Morgan fingerprint density at radius 3 is 2.65 bits per heavy atom. The quantitative estimate of drug-likeness (QED) is 0.498. The van der Waals surface area contributed by atoms with E-state index in [0.29, 0.717) is 36.6 Å². The van der Waals surface area contributed by atoms with Crippen LogP contribution in [-0.4, -0.2) is 59.3 Å². The Morgan fingerprint density at radius 1 is 1.15 bits per heavy atom. The van der Waals surface area contributed by atoms with Crippen molar-refractivity contribution in [3.05, 3.63) is 77.5 Å². The molecule has 1 aliphatic rings. The lowest BCUT2D eigenvalue weighted by molar-refractivity contribution is -0.121. The summed E-state index contributed by atoms with van der Waals surface area (Å²) in [7, 11) is 1.63. The summed E-state index contributed by atoms with van der Waals surface area (Å²) in [6, 6.07) is 18.8. The van der Waals surface area contributed by atoms with Gasteiger partial charge in [0.25, 0.3) is 0 Å². The molecule has 0 fully saturated rings. The Balaban J connectivity index is 1.73. The molecule has 178 valence electrons. The summed E-state index contributed by atoms with van der Waals surface area (Å²) < 4.78 is 13.0. The second kappa shape index (κ2) is 10.7. The van der Waals surface area contributed by atoms with Crippen molar-refractivity contribution in [3.63, 3.8) is 0 Å². The fraction of sp³-hybridized carbons (Fsp3) is 0.308. The second-order valence-electron chi connectivity index (χ2n) is 8.33. The first-order valence-corrected chi connectivity index (χ1v) is 11.3. The van der Waals surface area contributed by atoms with Gasteiger partial charge in [-0.15, -0.1) is 0 Å². The van der Waals surface area contributed by atoms with Crippen LogP contribution in [0, 0.1) is 0 Å². The lowest BCUT2D eigenvalue weighted by Gasteiger charge is -2.25. The van der Waals surface area contributed by atoms with Crippen molar-refractivity contribution in [2.75, 3.05) is 38.2 Å². The van der Waals surface area contributed by atoms with Crippen molar-refractivity contribution in [1.82, 2.24) is 15.2 Å². The van der Waals surface area contributed by atoms with Gasteiger partial charge in [-0.3, -0.25) is 9.69 Å². The minimum absolute atomic E-state index is 0.0502. The van der Waals surface area contributed by atoms with Gasteiger partial charge in [0.15, 0.2) is 0 Å². The molecule has 2 aromatic carbocycles. The summed E-state index contributed by atoms with van der Waals surface area (Å²) in [5, 5.41) is 21.9. The summed E-state index contributed by atoms with van der Waals surface area (Å²) in [6.45, 7) is 1.32. The molecule has 1 aromatic heterocycles. The Hall–Kier alpha value is -3.33. The van der Waals surface area contributed by atoms with Gasteiger partial charge in [0, 0.05) is 43.6 Å². The number of alkyl halides is 1. The van der Waals surface area contributed by atoms with Crippen molar-refractivity contribution < 1.29 is 19.4 Å². The number of hydrogen-bond donors (Lipinski definition) is 3. The topological polar surface area (TPSA) is 88.9 Å². The fourth-order valence-corrected chi connectivity index (χ4v) is 4.16. The van der Waals surface area contributed by atoms with E-state index in [0.717, 1.165) is 22.5 Å². The minimum Gasteiger partial charge on any atom is -0.393 e. The number of aromatic nitrogens is 1. The van der Waals surface area contributed by atoms with Crippen LogP contribution in [0.15, 0.2) is 60.7 Å². The number of aliphatic hydroxyl groups is 2. The number of aliphatic hydroxyl groups excluding tert-OH is 2. The van der Waals surface area contributed by atoms with Crippen LogP contribution in [-0.2, 0) is 18.0 Å². The summed E-state index contributed by atoms with van der Waals surface area (Å²) in [5.41, 5.74) is 5.61. The lowest BCUT2D eigenvalue weighted by atomic mass is 10.0. The van der Waals surface area contributed by atoms with Crippen LogP contribution in [0.1, 0.15) is 22.9 Å². The van der Waals surface area contributed by atoms with E-state index in [1.54, 1.807) is 31.3 Å². The predicted molar refractivity (Wildman–Crippen MR) is 129 cm³/mol. The highest BCUT2D eigenvalue weighted by Crippen LogP contribution is 2.34. The van der Waals surface area contributed by atoms with E-state index >= 15 is 0 Å². The van der Waals surface area contributed by atoms with Crippen LogP contribution in [0.4, 0.5) is 15.8 Å². The standard InChI is InChI=1S/C26H29FN4O3/c1-28-26(34)16-30-11-12-31(21-8-5-18(14-27)6-9-21)24-10-7-19(13-20(24)15-30)22-3-2-4-23(29-22)25(33)17-32/h2-10,13,25,32-33H,11-12,14-17H2,1H3,(H,28,34)/t25-/m1/s1. The molecule has 0 aliphatic carbocycles. The van der Waals surface area contributed by atoms with Crippen molar-refractivity contribution >= 4 is 17.3 Å². The highest BCUT2D eigenvalue weighted by Gasteiger charge is 2.23. The highest BCUT2D eigenvalue weighted by molar-refractivity contribution is 5.78. The van der Waals surface area contributed by atoms with E-state index in [2.05, 4.69) is 26.2 Å². The maximum Gasteiger partial charge on any atom is 0.233 e. The van der Waals surface area contributed by atoms with E-state index < -0.39 is 19.4 Å². The Labute approximate surface area is 198 Å². The number of anilines is 2. The highest BCUT2D eigenvalue weighted by atomic mass is 19.1. The van der Waals surface area contributed by atoms with Gasteiger partial charge in [-0.2, -0.15) is 0 Å². The molecule has 3 N–H and O–H groups in total. The Morgan fingerprint density at radius 2 is 1.94 bits per heavy atom. The van der Waals surface area contributed by atoms with Crippen molar-refractivity contribution in [3.8, 4) is 11.3 Å². The van der Waals surface area contributed by atoms with Gasteiger partial charge in [0.2, 0.25) is 5.91 Å². The lowest BCUT2D eigenvalue weighted by Crippen LogP contribution is -2.37. The first kappa shape index (κ1) is 23.8. The molecule has 0 radical (unpaired) electrons. The monoisotopic (exact) mass is 464 g/mol. The zero-order chi connectivity index (χ0) is 24.1. The summed E-state index contributed by atoms with van der Waals surface area (Å²) >= 11 is 0. The van der Waals surface area contributed by atoms with E-state index in [-0.39, 0.29) is 12.5 Å². The summed E-state index contributed by atoms with van der Waals surface area (Å²) in [4.78, 5) is 20.9. The average molecular weight is 465 g/mol. The molecule has 0 saturated heterocycles. The van der Waals surface area contributed by atoms with E-state index in [1.807, 2.05) is 30.3 Å². The molecule has 2 heterocycles. The molecule has 3 aromatic rings. The number of carbonyl (C=O) groups is 1. The molecule has 0 spiro atoms. The predicted octanol–water partition coefficient (Wildman–Crippen LogP) is 2.94. The maximum absolute atomic E-state index is 13.0. The Kier molecular flexibility index (Phi) is 7.52. The number of nitrogens with one attached hydrogen (secondary N) is 1. The SMILES string of the molecule is CNC(=O)CN1CCN(c2ccc(CF)cc2)c2ccc(-c3cccc([C@H](O)CO)n3)cc2C1. The van der Waals surface area contributed by atoms with Crippen LogP contribution in [0.25, 0.3) is 11.3 Å². The van der Waals surface area contributed by atoms with Gasteiger partial charge in [0.1, 0.15) is 12.8 Å². The number of pyridine rings is 1. The molecule has 7 nitrogen and oxygen atoms in total. The summed E-state index contributed by atoms with van der Waals surface area (Å²) in [5.74, 6) is -0.0502. The molecular formula is C26H29FN4O3. The largest absolute Gasteiger partial charge is 0.393 e. The number of likely N-dealkylation sites (N-methyl/N-ethyl adjacent to an activating group) is 1. The van der Waals surface area contributed by atoms with Gasteiger partial charge in [-0.25, -0.2) is 9.37 Å². The zero-order valence-electron chi connectivity index (χ0n) is 19.1. The average Bonchev–Trinajstić information content (AvgIpc) is 3.06. The van der Waals surface area contributed by atoms with E-state index in [9.17, 15) is 19.4 Å². The van der Waals surface area contributed by atoms with Crippen LogP contribution in [0.3, 0.4) is 0 Å². The third kappa shape index (κ3) is 5.25. The third-order valence-corrected chi connectivity index (χ3v) is 6.03. The number of hydrogen-bond acceptors (Lipinski definition) is 6. The second-order valence-corrected chi connectivity index (χ2v) is 8.33. The van der Waals surface area contributed by atoms with Gasteiger partial charge < -0.3 is 20.4 Å². The van der Waals surface area contributed by atoms with Crippen molar-refractivity contribution in [1.29, 1.82) is 0 Å². The number of rotatable bonds is 7. The van der Waals surface area contributed by atoms with Gasteiger partial charge in [0.05, 0.1) is 24.5 Å². The molecule has 34 heavy (non-hydrogen) atoms. The molecule has 1 amide bonds. The molecule has 4 rings (SSSR count). The number of carbonyl (C=O) groups excluding carboxylic acids is 1. The smallest absolute Gasteiger partial charge is 0.233 e. The fourth-order valence-electron chi connectivity index (χ4n) is 4.16. The Bertz CT molecular complexity index is 1140. The minimum atomic E-state index is -1.04. The molecule has 1 atom stereocenters. The van der Waals surface area contributed by atoms with Crippen LogP contribution >= 0.6 is 0 Å². The van der Waals surface area contributed by atoms with Crippen molar-refractivity contribution in [2.45, 2.75) is 19.3 Å². The van der Waals surface area contributed by atoms with Crippen LogP contribution in [0.2, 0.25) is 0 Å². The molecule has 1 aliphatic heterocycles. The van der Waals surface area contributed by atoms with Crippen LogP contribution < -0.4 is 10.2 Å². The summed E-state index contributed by atoms with van der Waals surface area (Å²) in [6.07, 6.45) is -1.04. The number of amides is 1. The molecule has 0 unspecified atom stereocenters. The van der Waals surface area contributed by atoms with E-state index in [1.165, 1.54) is 0 Å². The molecule has 0 bridgehead atoms. The van der Waals surface area contributed by atoms with Crippen molar-refractivity contribution in [2.24, 2.45) is 0 Å². The normalized spacial score (nSPS) is 14.9. The van der Waals surface area contributed by atoms with Gasteiger partial charge in [-0.05, 0) is 47.5 Å². The van der Waals surface area contributed by atoms with Gasteiger partial charge in [-0.1, -0.05) is 24.3 Å². The number of benzene rings is 2. The maximum atomic E-state index is 13.0. The zero-order valence-corrected chi connectivity index (χ0v) is 19.1. The molecule has 0 saturated carbocycles. The number of nitrogens with zero attached hydrogens (tertiary/aromatic N) is 3. The van der Waals surface area contributed by atoms with E-state index in [4.69, 9.17) is 0 Å². The third-order valence-electron chi connectivity index (χ3n) is 6.03. The molecular weight excluding hydrogens is 435 g/mol.